The predicted octanol–water partition coefficient (Wildman–Crippen LogP) is 0.0184. The van der Waals surface area contributed by atoms with Gasteiger partial charge in [0.1, 0.15) is 13.2 Å². The van der Waals surface area contributed by atoms with Gasteiger partial charge in [0.25, 0.3) is 0 Å². The smallest absolute Gasteiger partial charge is 0.413 e. The van der Waals surface area contributed by atoms with Crippen LogP contribution in [0.2, 0.25) is 0 Å². The van der Waals surface area contributed by atoms with Crippen LogP contribution in [-0.4, -0.2) is 72.6 Å². The Morgan fingerprint density at radius 2 is 1.25 bits per heavy atom. The van der Waals surface area contributed by atoms with Gasteiger partial charge < -0.3 is 30.0 Å². The molecular weight excluding hydrogens is 320 g/mol. The summed E-state index contributed by atoms with van der Waals surface area (Å²) in [6, 6.07) is 0. The van der Waals surface area contributed by atoms with Gasteiger partial charge in [0, 0.05) is 0 Å². The van der Waals surface area contributed by atoms with Crippen LogP contribution in [0.3, 0.4) is 0 Å². The first-order valence-corrected chi connectivity index (χ1v) is 7.59. The zero-order chi connectivity index (χ0) is 17.6. The third kappa shape index (κ3) is 8.30. The van der Waals surface area contributed by atoms with Gasteiger partial charge in [-0.2, -0.15) is 9.58 Å². The van der Waals surface area contributed by atoms with Crippen molar-refractivity contribution in [3.05, 3.63) is 11.1 Å². The van der Waals surface area contributed by atoms with E-state index in [4.69, 9.17) is 30.0 Å². The lowest BCUT2D eigenvalue weighted by molar-refractivity contribution is -0.147. The van der Waals surface area contributed by atoms with Gasteiger partial charge in [-0.25, -0.2) is 9.59 Å². The maximum atomic E-state index is 11.0. The highest BCUT2D eigenvalue weighted by Gasteiger charge is 2.26. The van der Waals surface area contributed by atoms with Gasteiger partial charge in [0.05, 0.1) is 25.4 Å². The number of hydrogen-bond donors (Lipinski definition) is 0. The number of carbonyl (C=O) groups is 2. The van der Waals surface area contributed by atoms with Gasteiger partial charge in [0.2, 0.25) is 0 Å². The standard InChI is InChI=1S/C14H20N4O6/c15-17-9-13(19)23-7-5-21-11-3-1-2-4-12(11)22-6-8-24-14(20)10-18-16/h9-12H,1-8H2/t11-,12-/m0/s1. The molecule has 0 aromatic rings. The molecule has 0 N–H and O–H groups in total. The van der Waals surface area contributed by atoms with Crippen LogP contribution in [0.25, 0.3) is 11.1 Å². The first kappa shape index (κ1) is 19.7. The van der Waals surface area contributed by atoms with Crippen molar-refractivity contribution in [3.8, 4) is 0 Å². The summed E-state index contributed by atoms with van der Waals surface area (Å²) >= 11 is 0. The monoisotopic (exact) mass is 340 g/mol. The van der Waals surface area contributed by atoms with Gasteiger partial charge in [-0.3, -0.25) is 0 Å². The number of hydrogen-bond acceptors (Lipinski definition) is 6. The Hall–Kier alpha value is -2.38. The van der Waals surface area contributed by atoms with Crippen LogP contribution >= 0.6 is 0 Å². The van der Waals surface area contributed by atoms with Crippen LogP contribution in [0.1, 0.15) is 25.7 Å². The maximum Gasteiger partial charge on any atom is 0.413 e. The Balaban J connectivity index is 2.24. The fourth-order valence-electron chi connectivity index (χ4n) is 2.30. The minimum absolute atomic E-state index is 0.0478. The molecule has 2 atom stereocenters. The summed E-state index contributed by atoms with van der Waals surface area (Å²) in [7, 11) is 0. The zero-order valence-electron chi connectivity index (χ0n) is 13.2. The number of nitrogens with zero attached hydrogens (tertiary/aromatic N) is 4. The summed E-state index contributed by atoms with van der Waals surface area (Å²) in [5.41, 5.74) is 16.3. The average Bonchev–Trinajstić information content (AvgIpc) is 2.57. The first-order valence-electron chi connectivity index (χ1n) is 7.59. The van der Waals surface area contributed by atoms with E-state index in [1.165, 1.54) is 0 Å². The van der Waals surface area contributed by atoms with E-state index in [0.717, 1.165) is 25.7 Å². The van der Waals surface area contributed by atoms with Crippen molar-refractivity contribution in [2.75, 3.05) is 26.4 Å². The third-order valence-electron chi connectivity index (χ3n) is 3.29. The molecular formula is C14H20N4O6. The largest absolute Gasteiger partial charge is 0.455 e. The van der Waals surface area contributed by atoms with Crippen molar-refractivity contribution >= 4 is 24.4 Å². The summed E-state index contributed by atoms with van der Waals surface area (Å²) < 4.78 is 20.8. The van der Waals surface area contributed by atoms with E-state index >= 15 is 0 Å². The zero-order valence-corrected chi connectivity index (χ0v) is 13.2. The predicted molar refractivity (Wildman–Crippen MR) is 79.2 cm³/mol. The number of esters is 2. The molecule has 1 rings (SSSR count). The highest BCUT2D eigenvalue weighted by Crippen LogP contribution is 2.23. The van der Waals surface area contributed by atoms with E-state index in [1.54, 1.807) is 0 Å². The molecule has 0 saturated heterocycles. The normalized spacial score (nSPS) is 19.5. The Kier molecular flexibility index (Phi) is 9.91. The summed E-state index contributed by atoms with van der Waals surface area (Å²) in [6.07, 6.45) is 4.76. The molecule has 0 aliphatic heterocycles. The van der Waals surface area contributed by atoms with Gasteiger partial charge in [-0.1, -0.05) is 12.8 Å². The van der Waals surface area contributed by atoms with Gasteiger partial charge in [-0.05, 0) is 12.8 Å². The SMILES string of the molecule is [N-]=[N+]=CC(=O)OCCO[C@H]1CCCC[C@@H]1OCCOC(=O)C=[N+]=[N-]. The molecule has 24 heavy (non-hydrogen) atoms. The van der Waals surface area contributed by atoms with Crippen LogP contribution in [-0.2, 0) is 28.5 Å². The van der Waals surface area contributed by atoms with E-state index in [9.17, 15) is 9.59 Å². The lowest BCUT2D eigenvalue weighted by Crippen LogP contribution is -2.36. The molecule has 132 valence electrons. The quantitative estimate of drug-likeness (QED) is 0.180. The minimum Gasteiger partial charge on any atom is -0.455 e. The van der Waals surface area contributed by atoms with Crippen molar-refractivity contribution in [2.45, 2.75) is 37.9 Å². The molecule has 0 aromatic carbocycles. The van der Waals surface area contributed by atoms with Crippen LogP contribution in [0.5, 0.6) is 0 Å². The van der Waals surface area contributed by atoms with Gasteiger partial charge >= 0.3 is 24.4 Å². The molecule has 0 radical (unpaired) electrons. The second kappa shape index (κ2) is 12.1. The van der Waals surface area contributed by atoms with E-state index in [2.05, 4.69) is 9.58 Å². The average molecular weight is 340 g/mol. The summed E-state index contributed by atoms with van der Waals surface area (Å²) in [4.78, 5) is 27.0. The Labute approximate surface area is 138 Å². The van der Waals surface area contributed by atoms with Gasteiger partial charge in [-0.15, -0.1) is 0 Å². The van der Waals surface area contributed by atoms with E-state index in [-0.39, 0.29) is 38.6 Å². The van der Waals surface area contributed by atoms with Crippen molar-refractivity contribution < 1.29 is 38.1 Å². The Morgan fingerprint density at radius 1 is 0.833 bits per heavy atom. The Bertz CT molecular complexity index is 467. The molecule has 1 aliphatic carbocycles. The van der Waals surface area contributed by atoms with Crippen LogP contribution in [0.4, 0.5) is 0 Å². The van der Waals surface area contributed by atoms with Crippen molar-refractivity contribution in [1.29, 1.82) is 0 Å². The van der Waals surface area contributed by atoms with Gasteiger partial charge in [0.15, 0.2) is 0 Å². The lowest BCUT2D eigenvalue weighted by Gasteiger charge is -2.31. The fraction of sp³-hybridized carbons (Fsp3) is 0.714. The number of ether oxygens (including phenoxy) is 4. The van der Waals surface area contributed by atoms with E-state index < -0.39 is 11.9 Å². The Morgan fingerprint density at radius 3 is 1.62 bits per heavy atom. The van der Waals surface area contributed by atoms with Crippen LogP contribution in [0, 0.1) is 0 Å². The second-order valence-corrected chi connectivity index (χ2v) is 4.93. The summed E-state index contributed by atoms with van der Waals surface area (Å²) in [5, 5.41) is 0. The molecule has 0 unspecified atom stereocenters. The summed E-state index contributed by atoms with van der Waals surface area (Å²) in [6.45, 7) is 0.507. The molecule has 1 fully saturated rings. The highest BCUT2D eigenvalue weighted by atomic mass is 16.6. The maximum absolute atomic E-state index is 11.0. The molecule has 10 nitrogen and oxygen atoms in total. The number of carbonyl (C=O) groups excluding carboxylic acids is 2. The van der Waals surface area contributed by atoms with Crippen LogP contribution < -0.4 is 0 Å². The molecule has 0 aromatic heterocycles. The van der Waals surface area contributed by atoms with Crippen molar-refractivity contribution in [1.82, 2.24) is 0 Å². The third-order valence-corrected chi connectivity index (χ3v) is 3.29. The first-order chi connectivity index (χ1) is 11.7. The molecule has 1 aliphatic rings. The van der Waals surface area contributed by atoms with E-state index in [0.29, 0.717) is 12.4 Å². The minimum atomic E-state index is -0.745. The van der Waals surface area contributed by atoms with Crippen molar-refractivity contribution in [3.63, 3.8) is 0 Å². The lowest BCUT2D eigenvalue weighted by atomic mass is 9.94. The topological polar surface area (TPSA) is 144 Å². The molecule has 0 heterocycles. The fourth-order valence-corrected chi connectivity index (χ4v) is 2.30. The van der Waals surface area contributed by atoms with Crippen LogP contribution in [0.15, 0.2) is 0 Å². The highest BCUT2D eigenvalue weighted by molar-refractivity contribution is 6.20. The molecule has 0 bridgehead atoms. The van der Waals surface area contributed by atoms with Crippen molar-refractivity contribution in [2.24, 2.45) is 0 Å². The second-order valence-electron chi connectivity index (χ2n) is 4.93. The molecule has 0 spiro atoms. The molecule has 10 heteroatoms. The number of rotatable bonds is 10. The summed E-state index contributed by atoms with van der Waals surface area (Å²) in [5.74, 6) is -1.49. The van der Waals surface area contributed by atoms with E-state index in [1.807, 2.05) is 0 Å². The molecule has 1 saturated carbocycles. The molecule has 0 amide bonds.